The van der Waals surface area contributed by atoms with Crippen molar-refractivity contribution >= 4 is 23.4 Å². The molecule has 1 saturated carbocycles. The lowest BCUT2D eigenvalue weighted by molar-refractivity contribution is 0.342. The molecule has 0 radical (unpaired) electrons. The van der Waals surface area contributed by atoms with Gasteiger partial charge in [-0.1, -0.05) is 24.9 Å². The quantitative estimate of drug-likeness (QED) is 0.873. The number of rotatable bonds is 3. The van der Waals surface area contributed by atoms with Crippen LogP contribution in [0.4, 0.5) is 0 Å². The van der Waals surface area contributed by atoms with Crippen molar-refractivity contribution in [3.63, 3.8) is 0 Å². The Kier molecular flexibility index (Phi) is 4.79. The number of nitrogens with zero attached hydrogens (tertiary/aromatic N) is 1. The van der Waals surface area contributed by atoms with Gasteiger partial charge in [0.1, 0.15) is 5.15 Å². The van der Waals surface area contributed by atoms with Crippen LogP contribution in [0.5, 0.6) is 0 Å². The van der Waals surface area contributed by atoms with E-state index in [1.807, 2.05) is 18.7 Å². The summed E-state index contributed by atoms with van der Waals surface area (Å²) in [6.07, 6.45) is 6.62. The summed E-state index contributed by atoms with van der Waals surface area (Å²) < 4.78 is 1.38. The summed E-state index contributed by atoms with van der Waals surface area (Å²) in [7, 11) is 0. The maximum absolute atomic E-state index is 12.4. The highest BCUT2D eigenvalue weighted by Gasteiger charge is 2.26. The van der Waals surface area contributed by atoms with Crippen molar-refractivity contribution in [1.29, 1.82) is 0 Å². The topological polar surface area (TPSA) is 54.9 Å². The van der Waals surface area contributed by atoms with Crippen LogP contribution in [0.1, 0.15) is 44.2 Å². The van der Waals surface area contributed by atoms with E-state index in [0.29, 0.717) is 17.2 Å². The van der Waals surface area contributed by atoms with Gasteiger partial charge < -0.3 is 0 Å². The average molecular weight is 303 g/mol. The van der Waals surface area contributed by atoms with Crippen molar-refractivity contribution in [3.05, 3.63) is 31.6 Å². The molecule has 6 heteroatoms. The van der Waals surface area contributed by atoms with Gasteiger partial charge in [-0.05, 0) is 31.9 Å². The molecule has 0 aliphatic heterocycles. The average Bonchev–Trinajstić information content (AvgIpc) is 2.39. The second-order valence-corrected chi connectivity index (χ2v) is 6.45. The van der Waals surface area contributed by atoms with Crippen LogP contribution in [0.25, 0.3) is 0 Å². The van der Waals surface area contributed by atoms with Crippen LogP contribution < -0.4 is 11.2 Å². The predicted octanol–water partition coefficient (Wildman–Crippen LogP) is 2.60. The zero-order valence-corrected chi connectivity index (χ0v) is 12.8. The van der Waals surface area contributed by atoms with Crippen LogP contribution in [0.3, 0.4) is 0 Å². The second kappa shape index (κ2) is 6.18. The molecule has 1 aromatic rings. The zero-order chi connectivity index (χ0) is 14.0. The molecule has 0 spiro atoms. The first-order chi connectivity index (χ1) is 9.08. The first kappa shape index (κ1) is 14.7. The Morgan fingerprint density at radius 3 is 2.79 bits per heavy atom. The number of halogens is 1. The van der Waals surface area contributed by atoms with E-state index < -0.39 is 0 Å². The van der Waals surface area contributed by atoms with Crippen LogP contribution >= 0.6 is 23.4 Å². The third kappa shape index (κ3) is 2.92. The maximum Gasteiger partial charge on any atom is 0.329 e. The fraction of sp³-hybridized carbons (Fsp3) is 0.692. The molecule has 1 N–H and O–H groups in total. The van der Waals surface area contributed by atoms with Gasteiger partial charge in [0.15, 0.2) is 0 Å². The highest BCUT2D eigenvalue weighted by Crippen LogP contribution is 2.32. The van der Waals surface area contributed by atoms with Gasteiger partial charge in [0.25, 0.3) is 5.56 Å². The molecule has 1 aliphatic rings. The fourth-order valence-electron chi connectivity index (χ4n) is 2.77. The highest BCUT2D eigenvalue weighted by molar-refractivity contribution is 7.99. The van der Waals surface area contributed by atoms with Crippen molar-refractivity contribution in [2.75, 3.05) is 6.26 Å². The summed E-state index contributed by atoms with van der Waals surface area (Å²) in [5, 5.41) is 0.719. The van der Waals surface area contributed by atoms with Crippen LogP contribution in [-0.4, -0.2) is 21.1 Å². The van der Waals surface area contributed by atoms with E-state index in [-0.39, 0.29) is 22.4 Å². The lowest BCUT2D eigenvalue weighted by Gasteiger charge is -2.29. The summed E-state index contributed by atoms with van der Waals surface area (Å²) in [5.41, 5.74) is -0.0884. The first-order valence-electron chi connectivity index (χ1n) is 6.64. The molecule has 19 heavy (non-hydrogen) atoms. The number of aromatic amines is 1. The van der Waals surface area contributed by atoms with Crippen LogP contribution in [-0.2, 0) is 6.42 Å². The van der Waals surface area contributed by atoms with Crippen molar-refractivity contribution in [1.82, 2.24) is 9.55 Å². The Morgan fingerprint density at radius 2 is 2.16 bits per heavy atom. The summed E-state index contributed by atoms with van der Waals surface area (Å²) in [5.74, 6) is 0. The minimum atomic E-state index is -0.376. The van der Waals surface area contributed by atoms with Gasteiger partial charge in [-0.2, -0.15) is 11.8 Å². The molecule has 0 amide bonds. The maximum atomic E-state index is 12.4. The van der Waals surface area contributed by atoms with Crippen molar-refractivity contribution in [2.24, 2.45) is 0 Å². The lowest BCUT2D eigenvalue weighted by atomic mass is 9.94. The predicted molar refractivity (Wildman–Crippen MR) is 80.5 cm³/mol. The van der Waals surface area contributed by atoms with Crippen LogP contribution in [0.2, 0.25) is 5.15 Å². The Bertz CT molecular complexity index is 567. The van der Waals surface area contributed by atoms with Crippen molar-refractivity contribution < 1.29 is 0 Å². The number of aromatic nitrogens is 2. The van der Waals surface area contributed by atoms with Gasteiger partial charge in [-0.25, -0.2) is 4.79 Å². The van der Waals surface area contributed by atoms with E-state index in [9.17, 15) is 9.59 Å². The number of thioether (sulfide) groups is 1. The van der Waals surface area contributed by atoms with E-state index in [0.717, 1.165) is 19.3 Å². The Balaban J connectivity index is 2.45. The van der Waals surface area contributed by atoms with E-state index in [1.165, 1.54) is 11.0 Å². The number of H-pyrrole nitrogens is 1. The molecule has 0 saturated heterocycles. The van der Waals surface area contributed by atoms with Crippen LogP contribution in [0.15, 0.2) is 9.59 Å². The largest absolute Gasteiger partial charge is 0.329 e. The monoisotopic (exact) mass is 302 g/mol. The van der Waals surface area contributed by atoms with Crippen molar-refractivity contribution in [2.45, 2.75) is 50.3 Å². The summed E-state index contributed by atoms with van der Waals surface area (Å²) in [6.45, 7) is 1.87. The summed E-state index contributed by atoms with van der Waals surface area (Å²) in [4.78, 5) is 27.0. The standard InChI is InChI=1S/C13H19ClN2O2S/c1-3-10-11(14)15-13(18)16(12(10)17)8-5-4-6-9(7-8)19-2/h8-9H,3-7H2,1-2H3,(H,15,18). The van der Waals surface area contributed by atoms with Gasteiger partial charge >= 0.3 is 5.69 Å². The number of hydrogen-bond donors (Lipinski definition) is 1. The molecule has 2 atom stereocenters. The SMILES string of the molecule is CCc1c(Cl)[nH]c(=O)n(C2CCCC(SC)C2)c1=O. The van der Waals surface area contributed by atoms with Gasteiger partial charge in [0.2, 0.25) is 0 Å². The Hall–Kier alpha value is -0.680. The normalized spacial score (nSPS) is 23.5. The number of nitrogens with one attached hydrogen (secondary N) is 1. The van der Waals surface area contributed by atoms with Crippen molar-refractivity contribution in [3.8, 4) is 0 Å². The van der Waals surface area contributed by atoms with E-state index in [4.69, 9.17) is 11.6 Å². The Labute approximate surface area is 121 Å². The molecular weight excluding hydrogens is 284 g/mol. The third-order valence-corrected chi connectivity index (χ3v) is 5.25. The molecule has 1 aliphatic carbocycles. The van der Waals surface area contributed by atoms with Crippen LogP contribution in [0, 0.1) is 0 Å². The van der Waals surface area contributed by atoms with E-state index >= 15 is 0 Å². The minimum Gasteiger partial charge on any atom is -0.297 e. The molecule has 1 heterocycles. The molecule has 106 valence electrons. The third-order valence-electron chi connectivity index (χ3n) is 3.83. The molecular formula is C13H19ClN2O2S. The van der Waals surface area contributed by atoms with E-state index in [2.05, 4.69) is 11.2 Å². The molecule has 4 nitrogen and oxygen atoms in total. The van der Waals surface area contributed by atoms with Gasteiger partial charge in [0, 0.05) is 11.3 Å². The second-order valence-electron chi connectivity index (χ2n) is 4.93. The fourth-order valence-corrected chi connectivity index (χ4v) is 3.88. The first-order valence-corrected chi connectivity index (χ1v) is 8.31. The minimum absolute atomic E-state index is 0.00465. The van der Waals surface area contributed by atoms with Gasteiger partial charge in [-0.3, -0.25) is 14.3 Å². The Morgan fingerprint density at radius 1 is 1.42 bits per heavy atom. The highest BCUT2D eigenvalue weighted by atomic mass is 35.5. The number of hydrogen-bond acceptors (Lipinski definition) is 3. The molecule has 0 bridgehead atoms. The lowest BCUT2D eigenvalue weighted by Crippen LogP contribution is -2.41. The molecule has 0 aromatic carbocycles. The van der Waals surface area contributed by atoms with Gasteiger partial charge in [-0.15, -0.1) is 0 Å². The molecule has 2 unspecified atom stereocenters. The summed E-state index contributed by atoms with van der Waals surface area (Å²) in [6, 6.07) is 0.00465. The molecule has 1 fully saturated rings. The summed E-state index contributed by atoms with van der Waals surface area (Å²) >= 11 is 7.74. The molecule has 1 aromatic heterocycles. The zero-order valence-electron chi connectivity index (χ0n) is 11.2. The van der Waals surface area contributed by atoms with E-state index in [1.54, 1.807) is 0 Å². The smallest absolute Gasteiger partial charge is 0.297 e. The molecule has 2 rings (SSSR count). The van der Waals surface area contributed by atoms with Gasteiger partial charge in [0.05, 0.1) is 5.56 Å².